The summed E-state index contributed by atoms with van der Waals surface area (Å²) in [7, 11) is 1.22. The van der Waals surface area contributed by atoms with Crippen molar-refractivity contribution in [2.75, 3.05) is 12.8 Å². The molecule has 0 amide bonds. The fraction of sp³-hybridized carbons (Fsp3) is 0.500. The summed E-state index contributed by atoms with van der Waals surface area (Å²) in [6, 6.07) is 0. The van der Waals surface area contributed by atoms with Crippen molar-refractivity contribution >= 4 is 28.3 Å². The quantitative estimate of drug-likeness (QED) is 0.807. The Labute approximate surface area is 103 Å². The number of nitrogens with zero attached hydrogens (tertiary/aromatic N) is 1. The Balaban J connectivity index is 2.94. The summed E-state index contributed by atoms with van der Waals surface area (Å²) in [6.45, 7) is 5.22. The van der Waals surface area contributed by atoms with Crippen LogP contribution in [0.15, 0.2) is 0 Å². The van der Waals surface area contributed by atoms with E-state index in [1.165, 1.54) is 7.11 Å². The molecule has 0 aliphatic heterocycles. The van der Waals surface area contributed by atoms with E-state index in [-0.39, 0.29) is 15.7 Å². The number of aromatic nitrogens is 1. The average molecular weight is 258 g/mol. The molecule has 0 saturated heterocycles. The normalized spacial score (nSPS) is 11.1. The molecule has 0 unspecified atom stereocenters. The van der Waals surface area contributed by atoms with Crippen molar-refractivity contribution in [1.82, 2.24) is 4.98 Å². The lowest BCUT2D eigenvalue weighted by molar-refractivity contribution is 0.00691. The van der Waals surface area contributed by atoms with Gasteiger partial charge in [-0.2, -0.15) is 0 Å². The van der Waals surface area contributed by atoms with E-state index in [9.17, 15) is 9.59 Å². The van der Waals surface area contributed by atoms with Crippen LogP contribution in [0.5, 0.6) is 0 Å². The van der Waals surface area contributed by atoms with Crippen LogP contribution in [0.1, 0.15) is 41.1 Å². The third kappa shape index (κ3) is 3.42. The van der Waals surface area contributed by atoms with Gasteiger partial charge in [-0.3, -0.25) is 0 Å². The maximum absolute atomic E-state index is 11.7. The van der Waals surface area contributed by atoms with Gasteiger partial charge in [0.25, 0.3) is 0 Å². The molecule has 2 N–H and O–H groups in total. The van der Waals surface area contributed by atoms with Crippen LogP contribution in [-0.2, 0) is 9.47 Å². The summed E-state index contributed by atoms with van der Waals surface area (Å²) in [5.41, 5.74) is 4.89. The number of carbonyl (C=O) groups is 2. The summed E-state index contributed by atoms with van der Waals surface area (Å²) in [5, 5.41) is 0.176. The predicted molar refractivity (Wildman–Crippen MR) is 63.0 cm³/mol. The highest BCUT2D eigenvalue weighted by Gasteiger charge is 2.24. The minimum Gasteiger partial charge on any atom is -0.464 e. The summed E-state index contributed by atoms with van der Waals surface area (Å²) < 4.78 is 9.59. The van der Waals surface area contributed by atoms with E-state index in [1.807, 2.05) is 0 Å². The highest BCUT2D eigenvalue weighted by Crippen LogP contribution is 2.23. The third-order valence-electron chi connectivity index (χ3n) is 1.61. The minimum absolute atomic E-state index is 0.0397. The topological polar surface area (TPSA) is 91.5 Å². The molecule has 0 atom stereocenters. The highest BCUT2D eigenvalue weighted by atomic mass is 32.1. The van der Waals surface area contributed by atoms with Gasteiger partial charge in [-0.1, -0.05) is 11.3 Å². The van der Waals surface area contributed by atoms with Crippen LogP contribution in [0.3, 0.4) is 0 Å². The first kappa shape index (κ1) is 13.4. The molecule has 0 aliphatic rings. The number of ether oxygens (including phenoxy) is 2. The van der Waals surface area contributed by atoms with Crippen molar-refractivity contribution in [3.8, 4) is 0 Å². The van der Waals surface area contributed by atoms with Crippen molar-refractivity contribution in [2.45, 2.75) is 26.4 Å². The number of nitrogens with two attached hydrogens (primary N) is 1. The zero-order valence-electron chi connectivity index (χ0n) is 10.1. The Morgan fingerprint density at radius 2 is 1.88 bits per heavy atom. The van der Waals surface area contributed by atoms with Crippen molar-refractivity contribution in [2.24, 2.45) is 0 Å². The number of nitrogen functional groups attached to an aromatic ring is 1. The Hall–Kier alpha value is -1.63. The molecular formula is C10H14N2O4S. The lowest BCUT2D eigenvalue weighted by Gasteiger charge is -2.18. The number of methoxy groups -OCH3 is 1. The van der Waals surface area contributed by atoms with Crippen molar-refractivity contribution in [3.63, 3.8) is 0 Å². The van der Waals surface area contributed by atoms with Gasteiger partial charge in [-0.25, -0.2) is 14.6 Å². The molecule has 0 spiro atoms. The minimum atomic E-state index is -0.673. The number of carbonyl (C=O) groups excluding carboxylic acids is 2. The molecule has 1 rings (SSSR count). The summed E-state index contributed by atoms with van der Waals surface area (Å²) in [4.78, 5) is 26.7. The molecule has 1 aromatic rings. The lowest BCUT2D eigenvalue weighted by Crippen LogP contribution is -2.23. The molecule has 0 bridgehead atoms. The van der Waals surface area contributed by atoms with Crippen LogP contribution in [0.4, 0.5) is 5.00 Å². The van der Waals surface area contributed by atoms with Crippen molar-refractivity contribution < 1.29 is 19.1 Å². The van der Waals surface area contributed by atoms with Crippen LogP contribution < -0.4 is 5.73 Å². The van der Waals surface area contributed by atoms with Crippen LogP contribution in [-0.4, -0.2) is 29.6 Å². The number of esters is 2. The van der Waals surface area contributed by atoms with Gasteiger partial charge in [0.05, 0.1) is 7.11 Å². The molecule has 0 saturated carbocycles. The summed E-state index contributed by atoms with van der Waals surface area (Å²) >= 11 is 0.898. The second-order valence-electron chi connectivity index (χ2n) is 4.23. The number of anilines is 1. The van der Waals surface area contributed by atoms with Gasteiger partial charge in [0.15, 0.2) is 5.69 Å². The zero-order valence-corrected chi connectivity index (χ0v) is 10.9. The van der Waals surface area contributed by atoms with Crippen LogP contribution in [0, 0.1) is 0 Å². The van der Waals surface area contributed by atoms with Gasteiger partial charge >= 0.3 is 11.9 Å². The van der Waals surface area contributed by atoms with Gasteiger partial charge in [-0.05, 0) is 20.8 Å². The zero-order chi connectivity index (χ0) is 13.2. The molecular weight excluding hydrogens is 244 g/mol. The number of thiazole rings is 1. The van der Waals surface area contributed by atoms with E-state index >= 15 is 0 Å². The predicted octanol–water partition coefficient (Wildman–Crippen LogP) is 1.47. The molecule has 0 aromatic carbocycles. The van der Waals surface area contributed by atoms with Crippen molar-refractivity contribution in [3.05, 3.63) is 10.7 Å². The molecule has 17 heavy (non-hydrogen) atoms. The van der Waals surface area contributed by atoms with Gasteiger partial charge in [-0.15, -0.1) is 0 Å². The number of hydrogen-bond acceptors (Lipinski definition) is 7. The van der Waals surface area contributed by atoms with E-state index in [2.05, 4.69) is 9.72 Å². The van der Waals surface area contributed by atoms with Gasteiger partial charge in [0.2, 0.25) is 5.01 Å². The molecule has 1 heterocycles. The highest BCUT2D eigenvalue weighted by molar-refractivity contribution is 7.17. The Bertz CT molecular complexity index is 448. The standard InChI is InChI=1S/C10H14N2O4S/c1-10(2,3)16-9(14)7-12-5(6(11)17-7)8(13)15-4/h11H2,1-4H3. The fourth-order valence-corrected chi connectivity index (χ4v) is 1.68. The first-order valence-electron chi connectivity index (χ1n) is 4.82. The lowest BCUT2D eigenvalue weighted by atomic mass is 10.2. The average Bonchev–Trinajstić information content (AvgIpc) is 2.57. The van der Waals surface area contributed by atoms with Gasteiger partial charge in [0.1, 0.15) is 10.6 Å². The van der Waals surface area contributed by atoms with Crippen LogP contribution in [0.25, 0.3) is 0 Å². The maximum atomic E-state index is 11.7. The van der Waals surface area contributed by atoms with E-state index in [1.54, 1.807) is 20.8 Å². The molecule has 6 nitrogen and oxygen atoms in total. The number of hydrogen-bond donors (Lipinski definition) is 1. The smallest absolute Gasteiger partial charge is 0.368 e. The largest absolute Gasteiger partial charge is 0.464 e. The summed E-state index contributed by atoms with van der Waals surface area (Å²) in [6.07, 6.45) is 0. The molecule has 0 radical (unpaired) electrons. The fourth-order valence-electron chi connectivity index (χ4n) is 0.984. The Kier molecular flexibility index (Phi) is 3.72. The van der Waals surface area contributed by atoms with E-state index in [0.717, 1.165) is 11.3 Å². The van der Waals surface area contributed by atoms with Crippen molar-refractivity contribution in [1.29, 1.82) is 0 Å². The second kappa shape index (κ2) is 4.70. The second-order valence-corrected chi connectivity index (χ2v) is 5.26. The molecule has 94 valence electrons. The van der Waals surface area contributed by atoms with Gasteiger partial charge < -0.3 is 15.2 Å². The number of rotatable bonds is 2. The third-order valence-corrected chi connectivity index (χ3v) is 2.47. The van der Waals surface area contributed by atoms with Crippen LogP contribution >= 0.6 is 11.3 Å². The molecule has 0 fully saturated rings. The van der Waals surface area contributed by atoms with E-state index < -0.39 is 17.5 Å². The van der Waals surface area contributed by atoms with E-state index in [4.69, 9.17) is 10.5 Å². The maximum Gasteiger partial charge on any atom is 0.368 e. The van der Waals surface area contributed by atoms with E-state index in [0.29, 0.717) is 0 Å². The first-order chi connectivity index (χ1) is 7.74. The Morgan fingerprint density at radius 3 is 2.35 bits per heavy atom. The summed E-state index contributed by atoms with van der Waals surface area (Å²) in [5.74, 6) is -1.28. The van der Waals surface area contributed by atoms with Crippen LogP contribution in [0.2, 0.25) is 0 Å². The first-order valence-corrected chi connectivity index (χ1v) is 5.64. The monoisotopic (exact) mass is 258 g/mol. The molecule has 1 aromatic heterocycles. The van der Waals surface area contributed by atoms with Gasteiger partial charge in [0, 0.05) is 0 Å². The molecule has 7 heteroatoms. The SMILES string of the molecule is COC(=O)c1nc(C(=O)OC(C)(C)C)sc1N. The molecule has 0 aliphatic carbocycles. The Morgan fingerprint density at radius 1 is 1.29 bits per heavy atom.